The Morgan fingerprint density at radius 1 is 1.20 bits per heavy atom. The number of pyridine rings is 1. The lowest BCUT2D eigenvalue weighted by molar-refractivity contribution is 0.466. The third-order valence-corrected chi connectivity index (χ3v) is 3.27. The van der Waals surface area contributed by atoms with Crippen molar-refractivity contribution in [2.24, 2.45) is 0 Å². The van der Waals surface area contributed by atoms with Gasteiger partial charge in [0.15, 0.2) is 5.75 Å². The van der Waals surface area contributed by atoms with E-state index in [4.69, 9.17) is 33.7 Å². The predicted molar refractivity (Wildman–Crippen MR) is 82.0 cm³/mol. The van der Waals surface area contributed by atoms with Crippen molar-refractivity contribution in [3.8, 4) is 11.5 Å². The van der Waals surface area contributed by atoms with Crippen molar-refractivity contribution in [2.75, 3.05) is 5.73 Å². The number of hydrogen-bond donors (Lipinski definition) is 1. The number of rotatable bonds is 3. The number of hydrogen-bond acceptors (Lipinski definition) is 3. The number of halogens is 2. The third kappa shape index (κ3) is 3.08. The maximum atomic E-state index is 11.7. The van der Waals surface area contributed by atoms with E-state index >= 15 is 0 Å². The van der Waals surface area contributed by atoms with E-state index in [1.165, 1.54) is 6.07 Å². The minimum atomic E-state index is -0.0955. The average molecular weight is 313 g/mol. The van der Waals surface area contributed by atoms with Crippen LogP contribution in [0.4, 0.5) is 5.69 Å². The van der Waals surface area contributed by atoms with Gasteiger partial charge in [-0.05, 0) is 32.0 Å². The van der Waals surface area contributed by atoms with E-state index in [2.05, 4.69) is 0 Å². The highest BCUT2D eigenvalue weighted by molar-refractivity contribution is 6.37. The van der Waals surface area contributed by atoms with Crippen molar-refractivity contribution in [1.82, 2.24) is 4.57 Å². The summed E-state index contributed by atoms with van der Waals surface area (Å²) in [6.07, 6.45) is 1.62. The molecule has 1 heterocycles. The Bertz CT molecular complexity index is 673. The molecule has 0 aliphatic heterocycles. The molecule has 0 amide bonds. The van der Waals surface area contributed by atoms with Crippen LogP contribution in [-0.2, 0) is 0 Å². The maximum absolute atomic E-state index is 11.7. The topological polar surface area (TPSA) is 57.2 Å². The Morgan fingerprint density at radius 3 is 2.35 bits per heavy atom. The van der Waals surface area contributed by atoms with Gasteiger partial charge in [-0.2, -0.15) is 0 Å². The summed E-state index contributed by atoms with van der Waals surface area (Å²) < 4.78 is 7.23. The Labute approximate surface area is 126 Å². The van der Waals surface area contributed by atoms with E-state index in [-0.39, 0.29) is 11.6 Å². The second-order valence-electron chi connectivity index (χ2n) is 4.62. The normalized spacial score (nSPS) is 10.8. The van der Waals surface area contributed by atoms with Crippen molar-refractivity contribution in [2.45, 2.75) is 19.9 Å². The van der Waals surface area contributed by atoms with E-state index in [0.717, 1.165) is 0 Å². The highest BCUT2D eigenvalue weighted by atomic mass is 35.5. The molecule has 0 bridgehead atoms. The first-order valence-corrected chi connectivity index (χ1v) is 6.78. The lowest BCUT2D eigenvalue weighted by Crippen LogP contribution is -2.19. The van der Waals surface area contributed by atoms with Crippen LogP contribution in [0.2, 0.25) is 10.0 Å². The molecule has 106 valence electrons. The summed E-state index contributed by atoms with van der Waals surface area (Å²) in [5.74, 6) is 0.795. The molecule has 0 saturated carbocycles. The van der Waals surface area contributed by atoms with Gasteiger partial charge in [0.25, 0.3) is 5.56 Å². The quantitative estimate of drug-likeness (QED) is 0.868. The van der Waals surface area contributed by atoms with Gasteiger partial charge in [-0.15, -0.1) is 0 Å². The van der Waals surface area contributed by atoms with Crippen LogP contribution in [0.15, 0.2) is 35.3 Å². The van der Waals surface area contributed by atoms with Crippen molar-refractivity contribution in [1.29, 1.82) is 0 Å². The van der Waals surface area contributed by atoms with Gasteiger partial charge in [0.1, 0.15) is 5.75 Å². The maximum Gasteiger partial charge on any atom is 0.251 e. The first-order valence-electron chi connectivity index (χ1n) is 6.03. The first kappa shape index (κ1) is 14.8. The average Bonchev–Trinajstić information content (AvgIpc) is 2.35. The van der Waals surface area contributed by atoms with Crippen molar-refractivity contribution < 1.29 is 4.74 Å². The summed E-state index contributed by atoms with van der Waals surface area (Å²) in [5, 5.41) is 0.634. The van der Waals surface area contributed by atoms with Crippen LogP contribution in [0.3, 0.4) is 0 Å². The largest absolute Gasteiger partial charge is 0.453 e. The highest BCUT2D eigenvalue weighted by Crippen LogP contribution is 2.37. The van der Waals surface area contributed by atoms with Crippen LogP contribution in [0, 0.1) is 0 Å². The van der Waals surface area contributed by atoms with Crippen molar-refractivity contribution >= 4 is 28.9 Å². The van der Waals surface area contributed by atoms with Gasteiger partial charge >= 0.3 is 0 Å². The summed E-state index contributed by atoms with van der Waals surface area (Å²) >= 11 is 12.1. The Balaban J connectivity index is 2.41. The van der Waals surface area contributed by atoms with Crippen molar-refractivity contribution in [3.63, 3.8) is 0 Å². The molecule has 0 radical (unpaired) electrons. The van der Waals surface area contributed by atoms with Crippen LogP contribution in [0.25, 0.3) is 0 Å². The highest BCUT2D eigenvalue weighted by Gasteiger charge is 2.11. The Kier molecular flexibility index (Phi) is 4.26. The molecule has 0 saturated heterocycles. The van der Waals surface area contributed by atoms with Crippen LogP contribution in [0.5, 0.6) is 11.5 Å². The van der Waals surface area contributed by atoms with Gasteiger partial charge in [0, 0.05) is 17.8 Å². The molecule has 0 fully saturated rings. The second kappa shape index (κ2) is 5.77. The van der Waals surface area contributed by atoms with E-state index in [1.807, 2.05) is 13.8 Å². The monoisotopic (exact) mass is 312 g/mol. The molecule has 1 aromatic heterocycles. The Hall–Kier alpha value is -1.65. The zero-order chi connectivity index (χ0) is 14.9. The lowest BCUT2D eigenvalue weighted by atomic mass is 10.3. The molecule has 0 atom stereocenters. The number of benzene rings is 1. The number of nitrogens with zero attached hydrogens (tertiary/aromatic N) is 1. The molecule has 0 aliphatic rings. The SMILES string of the molecule is CC(C)n1cc(Oc2c(Cl)cc(N)cc2Cl)ccc1=O. The standard InChI is InChI=1S/C14H14Cl2N2O2/c1-8(2)18-7-10(3-4-13(18)19)20-14-11(15)5-9(17)6-12(14)16/h3-8H,17H2,1-2H3. The number of nitrogen functional groups attached to an aromatic ring is 1. The summed E-state index contributed by atoms with van der Waals surface area (Å²) in [4.78, 5) is 11.7. The molecule has 1 aromatic carbocycles. The summed E-state index contributed by atoms with van der Waals surface area (Å²) in [6, 6.07) is 6.16. The summed E-state index contributed by atoms with van der Waals surface area (Å²) in [7, 11) is 0. The number of aromatic nitrogens is 1. The van der Waals surface area contributed by atoms with Crippen LogP contribution >= 0.6 is 23.2 Å². The summed E-state index contributed by atoms with van der Waals surface area (Å²) in [6.45, 7) is 3.82. The molecule has 2 aromatic rings. The number of nitrogens with two attached hydrogens (primary N) is 1. The lowest BCUT2D eigenvalue weighted by Gasteiger charge is -2.14. The summed E-state index contributed by atoms with van der Waals surface area (Å²) in [5.41, 5.74) is 6.00. The molecular formula is C14H14Cl2N2O2. The van der Waals surface area contributed by atoms with Crippen LogP contribution in [0.1, 0.15) is 19.9 Å². The second-order valence-corrected chi connectivity index (χ2v) is 5.43. The fourth-order valence-electron chi connectivity index (χ4n) is 1.74. The van der Waals surface area contributed by atoms with Crippen LogP contribution in [-0.4, -0.2) is 4.57 Å². The number of ether oxygens (including phenoxy) is 1. The van der Waals surface area contributed by atoms with Gasteiger partial charge in [-0.3, -0.25) is 4.79 Å². The molecule has 4 nitrogen and oxygen atoms in total. The zero-order valence-electron chi connectivity index (χ0n) is 11.1. The van der Waals surface area contributed by atoms with E-state index in [1.54, 1.807) is 29.0 Å². The predicted octanol–water partition coefficient (Wildman–Crippen LogP) is 4.11. The van der Waals surface area contributed by atoms with Gasteiger partial charge in [-0.25, -0.2) is 0 Å². The molecule has 6 heteroatoms. The minimum absolute atomic E-state index is 0.0309. The van der Waals surface area contributed by atoms with E-state index < -0.39 is 0 Å². The molecule has 0 unspecified atom stereocenters. The van der Waals surface area contributed by atoms with Gasteiger partial charge in [0.2, 0.25) is 0 Å². The third-order valence-electron chi connectivity index (χ3n) is 2.71. The molecule has 0 aliphatic carbocycles. The van der Waals surface area contributed by atoms with Gasteiger partial charge in [-0.1, -0.05) is 23.2 Å². The van der Waals surface area contributed by atoms with Gasteiger partial charge < -0.3 is 15.0 Å². The van der Waals surface area contributed by atoms with Gasteiger partial charge in [0.05, 0.1) is 16.2 Å². The number of anilines is 1. The fraction of sp³-hybridized carbons (Fsp3) is 0.214. The van der Waals surface area contributed by atoms with Crippen molar-refractivity contribution in [3.05, 3.63) is 50.9 Å². The Morgan fingerprint density at radius 2 is 1.80 bits per heavy atom. The molecule has 2 N–H and O–H groups in total. The molecule has 2 rings (SSSR count). The minimum Gasteiger partial charge on any atom is -0.453 e. The van der Waals surface area contributed by atoms with E-state index in [9.17, 15) is 4.79 Å². The fourth-order valence-corrected chi connectivity index (χ4v) is 2.32. The first-order chi connectivity index (χ1) is 9.38. The molecule has 20 heavy (non-hydrogen) atoms. The van der Waals surface area contributed by atoms with Crippen LogP contribution < -0.4 is 16.0 Å². The molecular weight excluding hydrogens is 299 g/mol. The zero-order valence-corrected chi connectivity index (χ0v) is 12.6. The smallest absolute Gasteiger partial charge is 0.251 e. The van der Waals surface area contributed by atoms with E-state index in [0.29, 0.717) is 27.2 Å². The molecule has 0 spiro atoms.